The maximum atomic E-state index is 13.6. The molecule has 7 heteroatoms. The number of aromatic nitrogens is 2. The van der Waals surface area contributed by atoms with Crippen LogP contribution in [0.25, 0.3) is 11.3 Å². The minimum absolute atomic E-state index is 0.0118. The predicted octanol–water partition coefficient (Wildman–Crippen LogP) is 3.86. The smallest absolute Gasteiger partial charge is 0.237 e. The van der Waals surface area contributed by atoms with Crippen molar-refractivity contribution in [1.29, 1.82) is 0 Å². The topological polar surface area (TPSA) is 76.2 Å². The molecule has 2 heterocycles. The SMILES string of the molecule is CC1(C)c2nc(-c3ccc(F)cc3)c(NC3CCCCCC3)n2CCN1C(=O)CN. The number of amides is 1. The molecule has 1 aliphatic carbocycles. The van der Waals surface area contributed by atoms with E-state index in [1.807, 2.05) is 18.7 Å². The number of halogens is 1. The second-order valence-electron chi connectivity index (χ2n) is 8.93. The summed E-state index contributed by atoms with van der Waals surface area (Å²) in [7, 11) is 0. The van der Waals surface area contributed by atoms with Gasteiger partial charge in [0.05, 0.1) is 12.1 Å². The van der Waals surface area contributed by atoms with Crippen LogP contribution in [0.3, 0.4) is 0 Å². The minimum Gasteiger partial charge on any atom is -0.367 e. The van der Waals surface area contributed by atoms with Crippen molar-refractivity contribution in [3.63, 3.8) is 0 Å². The van der Waals surface area contributed by atoms with Crippen LogP contribution in [0.5, 0.6) is 0 Å². The lowest BCUT2D eigenvalue weighted by atomic mass is 9.99. The third-order valence-corrected chi connectivity index (χ3v) is 6.53. The Balaban J connectivity index is 1.78. The van der Waals surface area contributed by atoms with Gasteiger partial charge in [0.2, 0.25) is 5.91 Å². The van der Waals surface area contributed by atoms with Crippen molar-refractivity contribution in [2.45, 2.75) is 70.5 Å². The van der Waals surface area contributed by atoms with Gasteiger partial charge in [0.25, 0.3) is 0 Å². The molecule has 1 aromatic carbocycles. The molecular formula is C23H32FN5O. The van der Waals surface area contributed by atoms with E-state index in [4.69, 9.17) is 10.7 Å². The zero-order valence-corrected chi connectivity index (χ0v) is 18.0. The number of rotatable bonds is 4. The van der Waals surface area contributed by atoms with Gasteiger partial charge in [-0.25, -0.2) is 9.37 Å². The first-order chi connectivity index (χ1) is 14.4. The molecule has 2 aromatic rings. The third kappa shape index (κ3) is 3.83. The average Bonchev–Trinajstić information content (AvgIpc) is 2.91. The maximum Gasteiger partial charge on any atom is 0.237 e. The molecule has 0 radical (unpaired) electrons. The zero-order valence-electron chi connectivity index (χ0n) is 18.0. The van der Waals surface area contributed by atoms with Crippen LogP contribution in [-0.4, -0.2) is 39.5 Å². The van der Waals surface area contributed by atoms with Gasteiger partial charge >= 0.3 is 0 Å². The molecule has 1 aromatic heterocycles. The van der Waals surface area contributed by atoms with Gasteiger partial charge in [-0.2, -0.15) is 0 Å². The highest BCUT2D eigenvalue weighted by atomic mass is 19.1. The van der Waals surface area contributed by atoms with Crippen molar-refractivity contribution in [2.75, 3.05) is 18.4 Å². The monoisotopic (exact) mass is 413 g/mol. The molecular weight excluding hydrogens is 381 g/mol. The summed E-state index contributed by atoms with van der Waals surface area (Å²) in [5.41, 5.74) is 6.78. The lowest BCUT2D eigenvalue weighted by Gasteiger charge is -2.42. The molecule has 1 amide bonds. The zero-order chi connectivity index (χ0) is 21.3. The fourth-order valence-corrected chi connectivity index (χ4v) is 4.86. The number of nitrogens with one attached hydrogen (secondary N) is 1. The first kappa shape index (κ1) is 20.8. The van der Waals surface area contributed by atoms with Gasteiger partial charge in [0.15, 0.2) is 0 Å². The summed E-state index contributed by atoms with van der Waals surface area (Å²) in [5, 5.41) is 3.79. The van der Waals surface area contributed by atoms with Crippen LogP contribution in [0.4, 0.5) is 10.2 Å². The van der Waals surface area contributed by atoms with Crippen molar-refractivity contribution in [3.8, 4) is 11.3 Å². The minimum atomic E-state index is -0.577. The molecule has 2 aliphatic rings. The maximum absolute atomic E-state index is 13.6. The molecule has 0 unspecified atom stereocenters. The Hall–Kier alpha value is -2.41. The fraction of sp³-hybridized carbons (Fsp3) is 0.565. The number of imidazole rings is 1. The number of carbonyl (C=O) groups is 1. The van der Waals surface area contributed by atoms with Gasteiger partial charge in [0.1, 0.15) is 23.2 Å². The van der Waals surface area contributed by atoms with Gasteiger partial charge in [-0.3, -0.25) is 4.79 Å². The van der Waals surface area contributed by atoms with E-state index in [1.54, 1.807) is 12.1 Å². The molecule has 30 heavy (non-hydrogen) atoms. The number of carbonyl (C=O) groups excluding carboxylic acids is 1. The number of fused-ring (bicyclic) bond motifs is 1. The van der Waals surface area contributed by atoms with Crippen molar-refractivity contribution in [3.05, 3.63) is 35.9 Å². The van der Waals surface area contributed by atoms with Crippen LogP contribution >= 0.6 is 0 Å². The number of nitrogens with two attached hydrogens (primary N) is 1. The Labute approximate surface area is 177 Å². The summed E-state index contributed by atoms with van der Waals surface area (Å²) in [6, 6.07) is 6.89. The highest BCUT2D eigenvalue weighted by molar-refractivity contribution is 5.80. The van der Waals surface area contributed by atoms with Gasteiger partial charge in [-0.05, 0) is 51.0 Å². The van der Waals surface area contributed by atoms with E-state index in [9.17, 15) is 9.18 Å². The Morgan fingerprint density at radius 3 is 2.47 bits per heavy atom. The van der Waals surface area contributed by atoms with E-state index in [2.05, 4.69) is 9.88 Å². The van der Waals surface area contributed by atoms with E-state index in [0.717, 1.165) is 35.7 Å². The van der Waals surface area contributed by atoms with Gasteiger partial charge < -0.3 is 20.5 Å². The van der Waals surface area contributed by atoms with Crippen LogP contribution in [-0.2, 0) is 16.9 Å². The third-order valence-electron chi connectivity index (χ3n) is 6.53. The Bertz CT molecular complexity index is 897. The average molecular weight is 414 g/mol. The second-order valence-corrected chi connectivity index (χ2v) is 8.93. The molecule has 0 spiro atoms. The van der Waals surface area contributed by atoms with Gasteiger partial charge in [-0.1, -0.05) is 25.7 Å². The van der Waals surface area contributed by atoms with E-state index in [0.29, 0.717) is 19.1 Å². The molecule has 6 nitrogen and oxygen atoms in total. The fourth-order valence-electron chi connectivity index (χ4n) is 4.86. The van der Waals surface area contributed by atoms with E-state index >= 15 is 0 Å². The van der Waals surface area contributed by atoms with Crippen LogP contribution in [0.15, 0.2) is 24.3 Å². The van der Waals surface area contributed by atoms with Crippen LogP contribution in [0, 0.1) is 5.82 Å². The summed E-state index contributed by atoms with van der Waals surface area (Å²) >= 11 is 0. The van der Waals surface area contributed by atoms with Crippen molar-refractivity contribution >= 4 is 11.7 Å². The predicted molar refractivity (Wildman–Crippen MR) is 117 cm³/mol. The normalized spacial score (nSPS) is 19.3. The lowest BCUT2D eigenvalue weighted by Crippen LogP contribution is -2.53. The number of nitrogens with zero attached hydrogens (tertiary/aromatic N) is 3. The summed E-state index contributed by atoms with van der Waals surface area (Å²) in [6.07, 6.45) is 7.33. The Kier molecular flexibility index (Phi) is 5.82. The number of benzene rings is 1. The first-order valence-electron chi connectivity index (χ1n) is 11.1. The highest BCUT2D eigenvalue weighted by Crippen LogP contribution is 2.39. The molecule has 1 aliphatic heterocycles. The van der Waals surface area contributed by atoms with Crippen LogP contribution < -0.4 is 11.1 Å². The van der Waals surface area contributed by atoms with Crippen molar-refractivity contribution < 1.29 is 9.18 Å². The molecule has 0 saturated heterocycles. The standard InChI is InChI=1S/C23H32FN5O/c1-23(2)22-27-20(16-9-11-17(24)12-10-16)21(26-18-7-5-3-4-6-8-18)28(22)13-14-29(23)19(30)15-25/h9-12,18,26H,3-8,13-15,25H2,1-2H3. The second kappa shape index (κ2) is 8.38. The summed E-state index contributed by atoms with van der Waals surface area (Å²) in [6.45, 7) is 5.27. The van der Waals surface area contributed by atoms with Crippen molar-refractivity contribution in [2.24, 2.45) is 5.73 Å². The summed E-state index contributed by atoms with van der Waals surface area (Å²) in [4.78, 5) is 19.3. The number of hydrogen-bond acceptors (Lipinski definition) is 4. The molecule has 162 valence electrons. The van der Waals surface area contributed by atoms with E-state index in [1.165, 1.54) is 37.8 Å². The number of hydrogen-bond donors (Lipinski definition) is 2. The highest BCUT2D eigenvalue weighted by Gasteiger charge is 2.41. The Morgan fingerprint density at radius 1 is 1.17 bits per heavy atom. The lowest BCUT2D eigenvalue weighted by molar-refractivity contribution is -0.137. The molecule has 1 fully saturated rings. The molecule has 3 N–H and O–H groups in total. The molecule has 1 saturated carbocycles. The largest absolute Gasteiger partial charge is 0.367 e. The molecule has 0 atom stereocenters. The summed E-state index contributed by atoms with van der Waals surface area (Å²) < 4.78 is 15.8. The molecule has 4 rings (SSSR count). The number of anilines is 1. The van der Waals surface area contributed by atoms with E-state index in [-0.39, 0.29) is 18.3 Å². The van der Waals surface area contributed by atoms with Crippen LogP contribution in [0.1, 0.15) is 58.2 Å². The molecule has 0 bridgehead atoms. The van der Waals surface area contributed by atoms with Gasteiger partial charge in [0, 0.05) is 24.7 Å². The quantitative estimate of drug-likeness (QED) is 0.747. The van der Waals surface area contributed by atoms with Crippen molar-refractivity contribution in [1.82, 2.24) is 14.5 Å². The first-order valence-corrected chi connectivity index (χ1v) is 11.1. The Morgan fingerprint density at radius 2 is 1.83 bits per heavy atom. The van der Waals surface area contributed by atoms with Crippen LogP contribution in [0.2, 0.25) is 0 Å². The summed E-state index contributed by atoms with van der Waals surface area (Å²) in [5.74, 6) is 1.49. The van der Waals surface area contributed by atoms with Gasteiger partial charge in [-0.15, -0.1) is 0 Å². The van der Waals surface area contributed by atoms with E-state index < -0.39 is 5.54 Å².